The van der Waals surface area contributed by atoms with Gasteiger partial charge in [0.25, 0.3) is 5.91 Å². The molecular formula is C17H19N4O2+. The van der Waals surface area contributed by atoms with Crippen LogP contribution in [0.1, 0.15) is 17.3 Å². The molecule has 0 aliphatic carbocycles. The molecule has 0 unspecified atom stereocenters. The van der Waals surface area contributed by atoms with Gasteiger partial charge < -0.3 is 10.1 Å². The molecule has 6 nitrogen and oxygen atoms in total. The van der Waals surface area contributed by atoms with Crippen molar-refractivity contribution in [1.29, 1.82) is 0 Å². The van der Waals surface area contributed by atoms with E-state index in [2.05, 4.69) is 10.3 Å². The molecule has 0 spiro atoms. The Balaban J connectivity index is 1.79. The van der Waals surface area contributed by atoms with E-state index in [4.69, 9.17) is 4.74 Å². The Labute approximate surface area is 134 Å². The van der Waals surface area contributed by atoms with Gasteiger partial charge >= 0.3 is 0 Å². The highest BCUT2D eigenvalue weighted by molar-refractivity contribution is 5.93. The summed E-state index contributed by atoms with van der Waals surface area (Å²) in [5, 5.41) is 2.91. The minimum absolute atomic E-state index is 0.146. The summed E-state index contributed by atoms with van der Waals surface area (Å²) >= 11 is 0. The van der Waals surface area contributed by atoms with Crippen molar-refractivity contribution < 1.29 is 14.1 Å². The summed E-state index contributed by atoms with van der Waals surface area (Å²) in [7, 11) is 0. The van der Waals surface area contributed by atoms with Crippen molar-refractivity contribution in [1.82, 2.24) is 14.9 Å². The number of carbonyl (C=O) groups is 1. The lowest BCUT2D eigenvalue weighted by Crippen LogP contribution is -2.43. The van der Waals surface area contributed by atoms with Crippen molar-refractivity contribution in [3.63, 3.8) is 0 Å². The molecule has 2 aromatic heterocycles. The number of nitrogens with one attached hydrogen (secondary N) is 1. The molecule has 23 heavy (non-hydrogen) atoms. The number of benzene rings is 1. The third-order valence-corrected chi connectivity index (χ3v) is 3.55. The highest BCUT2D eigenvalue weighted by Gasteiger charge is 2.15. The number of aromatic nitrogens is 3. The second-order valence-electron chi connectivity index (χ2n) is 5.07. The standard InChI is InChI=1S/C17H18N4O2/c1-2-23-13-21-12-20(15-7-3-4-8-16(15)21)11-19-17(22)14-6-5-9-18-10-14/h3-10,12H,2,11,13H2,1H3/p+1. The topological polar surface area (TPSA) is 60.0 Å². The maximum atomic E-state index is 12.1. The normalized spacial score (nSPS) is 10.8. The van der Waals surface area contributed by atoms with Crippen LogP contribution in [0, 0.1) is 0 Å². The summed E-state index contributed by atoms with van der Waals surface area (Å²) in [5.41, 5.74) is 2.65. The van der Waals surface area contributed by atoms with E-state index >= 15 is 0 Å². The fourth-order valence-corrected chi connectivity index (χ4v) is 2.42. The molecule has 0 radical (unpaired) electrons. The number of hydrogen-bond donors (Lipinski definition) is 1. The Morgan fingerprint density at radius 3 is 2.96 bits per heavy atom. The maximum absolute atomic E-state index is 12.1. The van der Waals surface area contributed by atoms with E-state index in [0.717, 1.165) is 11.0 Å². The second-order valence-corrected chi connectivity index (χ2v) is 5.07. The summed E-state index contributed by atoms with van der Waals surface area (Å²) in [5.74, 6) is -0.146. The van der Waals surface area contributed by atoms with Crippen molar-refractivity contribution in [2.24, 2.45) is 0 Å². The molecule has 1 N–H and O–H groups in total. The van der Waals surface area contributed by atoms with Crippen molar-refractivity contribution in [2.75, 3.05) is 6.61 Å². The smallest absolute Gasteiger partial charge is 0.255 e. The Bertz CT molecular complexity index is 799. The summed E-state index contributed by atoms with van der Waals surface area (Å²) in [6, 6.07) is 11.5. The Morgan fingerprint density at radius 1 is 1.30 bits per heavy atom. The molecule has 0 bridgehead atoms. The van der Waals surface area contributed by atoms with Gasteiger partial charge in [-0.15, -0.1) is 0 Å². The first-order chi connectivity index (χ1) is 11.3. The van der Waals surface area contributed by atoms with Gasteiger partial charge in [-0.05, 0) is 31.2 Å². The number of amides is 1. The molecular weight excluding hydrogens is 292 g/mol. The number of pyridine rings is 1. The molecule has 0 fully saturated rings. The lowest BCUT2D eigenvalue weighted by Gasteiger charge is -2.02. The highest BCUT2D eigenvalue weighted by atomic mass is 16.5. The molecule has 0 aliphatic heterocycles. The van der Waals surface area contributed by atoms with Crippen molar-refractivity contribution in [2.45, 2.75) is 20.3 Å². The molecule has 0 aliphatic rings. The van der Waals surface area contributed by atoms with Crippen molar-refractivity contribution in [3.8, 4) is 0 Å². The zero-order chi connectivity index (χ0) is 16.1. The predicted octanol–water partition coefficient (Wildman–Crippen LogP) is 1.71. The van der Waals surface area contributed by atoms with Gasteiger partial charge in [0.1, 0.15) is 0 Å². The van der Waals surface area contributed by atoms with E-state index < -0.39 is 0 Å². The van der Waals surface area contributed by atoms with Gasteiger partial charge in [0.05, 0.1) is 5.56 Å². The van der Waals surface area contributed by atoms with E-state index in [1.165, 1.54) is 0 Å². The first-order valence-corrected chi connectivity index (χ1v) is 7.53. The van der Waals surface area contributed by atoms with Crippen molar-refractivity contribution >= 4 is 16.9 Å². The van der Waals surface area contributed by atoms with Crippen LogP contribution in [0.5, 0.6) is 0 Å². The summed E-state index contributed by atoms with van der Waals surface area (Å²) < 4.78 is 9.50. The third-order valence-electron chi connectivity index (χ3n) is 3.55. The van der Waals surface area contributed by atoms with E-state index in [1.54, 1.807) is 24.5 Å². The molecule has 3 aromatic rings. The molecule has 3 rings (SSSR count). The van der Waals surface area contributed by atoms with Gasteiger partial charge in [-0.2, -0.15) is 0 Å². The van der Waals surface area contributed by atoms with Crippen LogP contribution in [0.2, 0.25) is 0 Å². The molecule has 1 aromatic carbocycles. The molecule has 6 heteroatoms. The summed E-state index contributed by atoms with van der Waals surface area (Å²) in [6.07, 6.45) is 5.15. The molecule has 2 heterocycles. The zero-order valence-corrected chi connectivity index (χ0v) is 13.0. The second kappa shape index (κ2) is 7.02. The number of ether oxygens (including phenoxy) is 1. The average molecular weight is 311 g/mol. The first-order valence-electron chi connectivity index (χ1n) is 7.53. The molecule has 0 saturated heterocycles. The highest BCUT2D eigenvalue weighted by Crippen LogP contribution is 2.10. The lowest BCUT2D eigenvalue weighted by molar-refractivity contribution is -0.675. The number of imidazole rings is 1. The Kier molecular flexibility index (Phi) is 4.63. The van der Waals surface area contributed by atoms with E-state index in [-0.39, 0.29) is 5.91 Å². The van der Waals surface area contributed by atoms with Crippen LogP contribution in [-0.4, -0.2) is 22.1 Å². The molecule has 118 valence electrons. The monoisotopic (exact) mass is 311 g/mol. The predicted molar refractivity (Wildman–Crippen MR) is 85.5 cm³/mol. The third kappa shape index (κ3) is 3.37. The van der Waals surface area contributed by atoms with Crippen molar-refractivity contribution in [3.05, 3.63) is 60.7 Å². The van der Waals surface area contributed by atoms with Crippen LogP contribution in [0.3, 0.4) is 0 Å². The number of rotatable bonds is 6. The number of carbonyl (C=O) groups excluding carboxylic acids is 1. The van der Waals surface area contributed by atoms with Crippen LogP contribution in [0.4, 0.5) is 0 Å². The first kappa shape index (κ1) is 15.2. The van der Waals surface area contributed by atoms with Gasteiger partial charge in [-0.1, -0.05) is 12.1 Å². The quantitative estimate of drug-likeness (QED) is 0.705. The van der Waals surface area contributed by atoms with E-state index in [0.29, 0.717) is 25.6 Å². The maximum Gasteiger partial charge on any atom is 0.255 e. The van der Waals surface area contributed by atoms with Gasteiger partial charge in [0.15, 0.2) is 24.4 Å². The minimum Gasteiger partial charge on any atom is -0.342 e. The molecule has 0 saturated carbocycles. The van der Waals surface area contributed by atoms with Gasteiger partial charge in [-0.3, -0.25) is 9.78 Å². The van der Waals surface area contributed by atoms with Crippen LogP contribution >= 0.6 is 0 Å². The number of hydrogen-bond acceptors (Lipinski definition) is 3. The summed E-state index contributed by atoms with van der Waals surface area (Å²) in [4.78, 5) is 16.1. The van der Waals surface area contributed by atoms with Crippen LogP contribution in [-0.2, 0) is 18.1 Å². The minimum atomic E-state index is -0.146. The number of nitrogens with zero attached hydrogens (tertiary/aromatic N) is 3. The zero-order valence-electron chi connectivity index (χ0n) is 13.0. The Morgan fingerprint density at radius 2 is 2.17 bits per heavy atom. The van der Waals surface area contributed by atoms with E-state index in [9.17, 15) is 4.79 Å². The molecule has 0 atom stereocenters. The fourth-order valence-electron chi connectivity index (χ4n) is 2.42. The lowest BCUT2D eigenvalue weighted by atomic mass is 10.3. The van der Waals surface area contributed by atoms with Crippen LogP contribution < -0.4 is 9.88 Å². The summed E-state index contributed by atoms with van der Waals surface area (Å²) in [6.45, 7) is 3.49. The van der Waals surface area contributed by atoms with Crippen LogP contribution in [0.15, 0.2) is 55.1 Å². The fraction of sp³-hybridized carbons (Fsp3) is 0.235. The number of para-hydroxylation sites is 2. The van der Waals surface area contributed by atoms with Gasteiger partial charge in [0.2, 0.25) is 6.33 Å². The van der Waals surface area contributed by atoms with E-state index in [1.807, 2.05) is 46.7 Å². The molecule has 1 amide bonds. The largest absolute Gasteiger partial charge is 0.342 e. The van der Waals surface area contributed by atoms with Crippen LogP contribution in [0.25, 0.3) is 11.0 Å². The SMILES string of the molecule is CCOCn1c[n+](CNC(=O)c2cccnc2)c2ccccc21. The Hall–Kier alpha value is -2.73. The van der Waals surface area contributed by atoms with Gasteiger partial charge in [-0.25, -0.2) is 9.13 Å². The van der Waals surface area contributed by atoms with Gasteiger partial charge in [0, 0.05) is 19.0 Å². The average Bonchev–Trinajstić information content (AvgIpc) is 2.96. The number of fused-ring (bicyclic) bond motifs is 1.